The van der Waals surface area contributed by atoms with Crippen LogP contribution in [0.25, 0.3) is 0 Å². The summed E-state index contributed by atoms with van der Waals surface area (Å²) in [7, 11) is 0. The number of nitrogens with one attached hydrogen (secondary N) is 2. The highest BCUT2D eigenvalue weighted by molar-refractivity contribution is 5.74. The van der Waals surface area contributed by atoms with E-state index < -0.39 is 5.60 Å². The van der Waals surface area contributed by atoms with E-state index in [2.05, 4.69) is 15.5 Å². The maximum Gasteiger partial charge on any atom is 0.314 e. The van der Waals surface area contributed by atoms with Gasteiger partial charge in [0.15, 0.2) is 0 Å². The molecule has 2 amide bonds. The monoisotopic (exact) mass is 307 g/mol. The van der Waals surface area contributed by atoms with E-state index in [9.17, 15) is 9.90 Å². The van der Waals surface area contributed by atoms with Crippen molar-refractivity contribution >= 4 is 6.03 Å². The predicted octanol–water partition coefficient (Wildman–Crippen LogP) is 1.63. The average Bonchev–Trinajstić information content (AvgIpc) is 3.17. The van der Waals surface area contributed by atoms with E-state index >= 15 is 0 Å². The first-order valence-corrected chi connectivity index (χ1v) is 8.18. The Morgan fingerprint density at radius 1 is 1.32 bits per heavy atom. The third-order valence-electron chi connectivity index (χ3n) is 4.77. The van der Waals surface area contributed by atoms with E-state index in [1.807, 2.05) is 12.1 Å². The van der Waals surface area contributed by atoms with Crippen LogP contribution in [0.5, 0.6) is 0 Å². The number of aliphatic hydroxyl groups is 1. The number of carbonyl (C=O) groups is 1. The van der Waals surface area contributed by atoms with Crippen LogP contribution < -0.4 is 10.6 Å². The smallest absolute Gasteiger partial charge is 0.314 e. The van der Waals surface area contributed by atoms with Gasteiger partial charge in [-0.25, -0.2) is 4.79 Å². The van der Waals surface area contributed by atoms with Gasteiger partial charge in [-0.1, -0.05) is 0 Å². The average molecular weight is 307 g/mol. The van der Waals surface area contributed by atoms with Crippen LogP contribution in [0, 0.1) is 0 Å². The van der Waals surface area contributed by atoms with Crippen LogP contribution >= 0.6 is 0 Å². The lowest BCUT2D eigenvalue weighted by molar-refractivity contribution is -0.0290. The molecule has 1 aliphatic heterocycles. The lowest BCUT2D eigenvalue weighted by Crippen LogP contribution is -2.51. The third-order valence-corrected chi connectivity index (χ3v) is 4.77. The van der Waals surface area contributed by atoms with Gasteiger partial charge in [0.1, 0.15) is 5.76 Å². The van der Waals surface area contributed by atoms with E-state index in [-0.39, 0.29) is 12.1 Å². The van der Waals surface area contributed by atoms with Crippen molar-refractivity contribution in [1.82, 2.24) is 15.5 Å². The number of nitrogens with zero attached hydrogens (tertiary/aromatic N) is 1. The van der Waals surface area contributed by atoms with E-state index in [1.165, 1.54) is 12.8 Å². The van der Waals surface area contributed by atoms with Crippen LogP contribution in [-0.2, 0) is 0 Å². The minimum Gasteiger partial charge on any atom is -0.468 e. The van der Waals surface area contributed by atoms with Crippen molar-refractivity contribution in [2.75, 3.05) is 26.2 Å². The highest BCUT2D eigenvalue weighted by Gasteiger charge is 2.34. The van der Waals surface area contributed by atoms with Crippen LogP contribution in [0.3, 0.4) is 0 Å². The summed E-state index contributed by atoms with van der Waals surface area (Å²) in [6.07, 6.45) is 6.64. The van der Waals surface area contributed by atoms with Crippen molar-refractivity contribution in [2.24, 2.45) is 0 Å². The molecule has 0 bridgehead atoms. The molecule has 3 N–H and O–H groups in total. The zero-order chi connectivity index (χ0) is 15.4. The lowest BCUT2D eigenvalue weighted by atomic mass is 9.80. The highest BCUT2D eigenvalue weighted by Crippen LogP contribution is 2.30. The molecular weight excluding hydrogens is 282 g/mol. The Morgan fingerprint density at radius 3 is 2.68 bits per heavy atom. The minimum absolute atomic E-state index is 0.0787. The number of likely N-dealkylation sites (tertiary alicyclic amines) is 1. The van der Waals surface area contributed by atoms with Crippen LogP contribution in [0.15, 0.2) is 22.8 Å². The highest BCUT2D eigenvalue weighted by atomic mass is 16.3. The maximum absolute atomic E-state index is 11.9. The molecule has 0 spiro atoms. The molecule has 2 aliphatic rings. The second kappa shape index (κ2) is 6.71. The van der Waals surface area contributed by atoms with Gasteiger partial charge in [-0.2, -0.15) is 0 Å². The lowest BCUT2D eigenvalue weighted by Gasteiger charge is -2.36. The summed E-state index contributed by atoms with van der Waals surface area (Å²) in [5, 5.41) is 15.7. The predicted molar refractivity (Wildman–Crippen MR) is 82.5 cm³/mol. The number of urea groups is 1. The van der Waals surface area contributed by atoms with Gasteiger partial charge in [0.25, 0.3) is 0 Å². The first kappa shape index (κ1) is 15.4. The number of hydrogen-bond acceptors (Lipinski definition) is 4. The Balaban J connectivity index is 1.49. The zero-order valence-corrected chi connectivity index (χ0v) is 12.9. The molecule has 1 aliphatic carbocycles. The fourth-order valence-corrected chi connectivity index (χ4v) is 3.20. The molecular formula is C16H25N3O3. The number of furan rings is 1. The van der Waals surface area contributed by atoms with Gasteiger partial charge >= 0.3 is 6.03 Å². The Bertz CT molecular complexity index is 479. The number of carbonyl (C=O) groups excluding carboxylic acids is 1. The summed E-state index contributed by atoms with van der Waals surface area (Å²) >= 11 is 0. The molecule has 1 unspecified atom stereocenters. The number of amides is 2. The van der Waals surface area contributed by atoms with E-state index in [4.69, 9.17) is 4.42 Å². The van der Waals surface area contributed by atoms with Crippen molar-refractivity contribution in [3.63, 3.8) is 0 Å². The molecule has 1 saturated carbocycles. The van der Waals surface area contributed by atoms with Gasteiger partial charge in [-0.15, -0.1) is 0 Å². The van der Waals surface area contributed by atoms with Crippen molar-refractivity contribution in [1.29, 1.82) is 0 Å². The van der Waals surface area contributed by atoms with Crippen molar-refractivity contribution in [3.05, 3.63) is 24.2 Å². The Morgan fingerprint density at radius 2 is 2.09 bits per heavy atom. The molecule has 1 aromatic heterocycles. The van der Waals surface area contributed by atoms with E-state index in [0.29, 0.717) is 13.1 Å². The topological polar surface area (TPSA) is 77.7 Å². The quantitative estimate of drug-likeness (QED) is 0.746. The minimum atomic E-state index is -0.688. The molecule has 1 atom stereocenters. The first-order valence-electron chi connectivity index (χ1n) is 8.18. The van der Waals surface area contributed by atoms with E-state index in [1.54, 1.807) is 6.26 Å². The SMILES string of the molecule is O=C(NCC(c1ccco1)N1CCCC1)NCC1(O)CCC1. The molecule has 2 heterocycles. The molecule has 22 heavy (non-hydrogen) atoms. The molecule has 0 radical (unpaired) electrons. The molecule has 1 saturated heterocycles. The molecule has 6 heteroatoms. The second-order valence-corrected chi connectivity index (χ2v) is 6.42. The summed E-state index contributed by atoms with van der Waals surface area (Å²) in [6, 6.07) is 3.69. The Hall–Kier alpha value is -1.53. The van der Waals surface area contributed by atoms with Crippen LogP contribution in [-0.4, -0.2) is 47.8 Å². The summed E-state index contributed by atoms with van der Waals surface area (Å²) < 4.78 is 5.53. The van der Waals surface area contributed by atoms with Gasteiger partial charge < -0.3 is 20.2 Å². The van der Waals surface area contributed by atoms with Gasteiger partial charge in [-0.05, 0) is 57.3 Å². The maximum atomic E-state index is 11.9. The van der Waals surface area contributed by atoms with Crippen LogP contribution in [0.1, 0.15) is 43.9 Å². The van der Waals surface area contributed by atoms with Gasteiger partial charge in [0.05, 0.1) is 17.9 Å². The first-order chi connectivity index (χ1) is 10.7. The molecule has 6 nitrogen and oxygen atoms in total. The normalized spacial score (nSPS) is 22.0. The summed E-state index contributed by atoms with van der Waals surface area (Å²) in [6.45, 7) is 2.91. The molecule has 0 aromatic carbocycles. The molecule has 122 valence electrons. The van der Waals surface area contributed by atoms with Gasteiger partial charge in [0, 0.05) is 13.1 Å². The van der Waals surface area contributed by atoms with Gasteiger partial charge in [-0.3, -0.25) is 4.90 Å². The fourth-order valence-electron chi connectivity index (χ4n) is 3.20. The zero-order valence-electron chi connectivity index (χ0n) is 12.9. The van der Waals surface area contributed by atoms with Crippen molar-refractivity contribution < 1.29 is 14.3 Å². The standard InChI is InChI=1S/C16H25N3O3/c20-15(18-12-16(21)6-4-7-16)17-11-13(14-5-3-10-22-14)19-8-1-2-9-19/h3,5,10,13,21H,1-2,4,6-9,11-12H2,(H2,17,18,20). The van der Waals surface area contributed by atoms with E-state index in [0.717, 1.165) is 38.1 Å². The van der Waals surface area contributed by atoms with Crippen LogP contribution in [0.4, 0.5) is 4.79 Å². The summed E-state index contributed by atoms with van der Waals surface area (Å²) in [5.74, 6) is 0.889. The summed E-state index contributed by atoms with van der Waals surface area (Å²) in [4.78, 5) is 14.3. The fraction of sp³-hybridized carbons (Fsp3) is 0.688. The largest absolute Gasteiger partial charge is 0.468 e. The molecule has 1 aromatic rings. The summed E-state index contributed by atoms with van der Waals surface area (Å²) in [5.41, 5.74) is -0.688. The number of rotatable bonds is 6. The van der Waals surface area contributed by atoms with Crippen molar-refractivity contribution in [2.45, 2.75) is 43.7 Å². The second-order valence-electron chi connectivity index (χ2n) is 6.42. The van der Waals surface area contributed by atoms with Gasteiger partial charge in [0.2, 0.25) is 0 Å². The number of hydrogen-bond donors (Lipinski definition) is 3. The van der Waals surface area contributed by atoms with Crippen molar-refractivity contribution in [3.8, 4) is 0 Å². The van der Waals surface area contributed by atoms with Crippen LogP contribution in [0.2, 0.25) is 0 Å². The Kier molecular flexibility index (Phi) is 4.69. The third kappa shape index (κ3) is 3.62. The molecule has 3 rings (SSSR count). The molecule has 2 fully saturated rings. The Labute approximate surface area is 130 Å².